The number of carbonyl (C=O) groups excluding carboxylic acids is 1. The largest absolute Gasteiger partial charge is 0.434 e. The van der Waals surface area contributed by atoms with E-state index in [0.717, 1.165) is 22.3 Å². The minimum absolute atomic E-state index is 0.0337. The molecule has 1 rings (SSSR count). The summed E-state index contributed by atoms with van der Waals surface area (Å²) in [6, 6.07) is 0. The van der Waals surface area contributed by atoms with Crippen molar-refractivity contribution in [3.05, 3.63) is 28.2 Å². The second-order valence-electron chi connectivity index (χ2n) is 5.56. The minimum atomic E-state index is -4.43. The summed E-state index contributed by atoms with van der Waals surface area (Å²) >= 11 is 0.962. The van der Waals surface area contributed by atoms with Gasteiger partial charge in [-0.3, -0.25) is 4.79 Å². The summed E-state index contributed by atoms with van der Waals surface area (Å²) in [6.07, 6.45) is -4.11. The molecule has 0 aliphatic carbocycles. The smallest absolute Gasteiger partial charge is 0.356 e. The number of rotatable bonds is 7. The molecule has 140 valence electrons. The molecule has 0 saturated heterocycles. The lowest BCUT2D eigenvalue weighted by molar-refractivity contribution is -0.140. The van der Waals surface area contributed by atoms with Crippen LogP contribution in [0.2, 0.25) is 0 Å². The molecule has 2 N–H and O–H groups in total. The van der Waals surface area contributed by atoms with E-state index in [4.69, 9.17) is 0 Å². The second kappa shape index (κ2) is 9.40. The van der Waals surface area contributed by atoms with Crippen molar-refractivity contribution in [2.75, 3.05) is 33.7 Å². The number of guanidine groups is 1. The summed E-state index contributed by atoms with van der Waals surface area (Å²) in [5.41, 5.74) is 0.00144. The van der Waals surface area contributed by atoms with Gasteiger partial charge in [0.25, 0.3) is 0 Å². The van der Waals surface area contributed by atoms with Crippen molar-refractivity contribution in [3.8, 4) is 0 Å². The molecule has 1 heterocycles. The van der Waals surface area contributed by atoms with Gasteiger partial charge in [0.2, 0.25) is 5.91 Å². The van der Waals surface area contributed by atoms with Gasteiger partial charge >= 0.3 is 6.18 Å². The molecule has 0 aromatic carbocycles. The highest BCUT2D eigenvalue weighted by Gasteiger charge is 2.33. The number of likely N-dealkylation sites (N-methyl/N-ethyl adjacent to an activating group) is 1. The van der Waals surface area contributed by atoms with Gasteiger partial charge in [0, 0.05) is 39.0 Å². The zero-order valence-electron chi connectivity index (χ0n) is 14.4. The molecule has 25 heavy (non-hydrogen) atoms. The Bertz CT molecular complexity index is 625. The molecule has 10 heteroatoms. The molecule has 0 radical (unpaired) electrons. The van der Waals surface area contributed by atoms with Crippen LogP contribution in [0.25, 0.3) is 0 Å². The number of alkyl halides is 3. The number of thiazole rings is 1. The van der Waals surface area contributed by atoms with Gasteiger partial charge in [-0.2, -0.15) is 13.2 Å². The summed E-state index contributed by atoms with van der Waals surface area (Å²) in [5, 5.41) is 7.36. The lowest BCUT2D eigenvalue weighted by Crippen LogP contribution is -2.40. The molecule has 0 aliphatic heterocycles. The fourth-order valence-electron chi connectivity index (χ4n) is 1.54. The number of halogens is 3. The van der Waals surface area contributed by atoms with Gasteiger partial charge in [0.15, 0.2) is 11.7 Å². The van der Waals surface area contributed by atoms with Crippen LogP contribution in [-0.4, -0.2) is 55.5 Å². The van der Waals surface area contributed by atoms with Crippen LogP contribution in [0, 0.1) is 0 Å². The van der Waals surface area contributed by atoms with Gasteiger partial charge in [0.05, 0.1) is 5.01 Å². The van der Waals surface area contributed by atoms with E-state index >= 15 is 0 Å². The summed E-state index contributed by atoms with van der Waals surface area (Å²) in [7, 11) is 3.26. The first kappa shape index (κ1) is 20.9. The van der Waals surface area contributed by atoms with Gasteiger partial charge in [0.1, 0.15) is 6.54 Å². The number of aliphatic imine (C=N–C) groups is 1. The van der Waals surface area contributed by atoms with E-state index in [0.29, 0.717) is 30.5 Å². The van der Waals surface area contributed by atoms with Crippen molar-refractivity contribution >= 4 is 23.2 Å². The van der Waals surface area contributed by atoms with E-state index in [2.05, 4.69) is 27.2 Å². The Morgan fingerprint density at radius 2 is 2.08 bits per heavy atom. The molecule has 1 amide bonds. The van der Waals surface area contributed by atoms with E-state index < -0.39 is 11.9 Å². The lowest BCUT2D eigenvalue weighted by atomic mass is 10.3. The highest BCUT2D eigenvalue weighted by atomic mass is 32.1. The topological polar surface area (TPSA) is 69.6 Å². The maximum absolute atomic E-state index is 12.5. The van der Waals surface area contributed by atoms with E-state index in [1.807, 2.05) is 6.92 Å². The first-order valence-electron chi connectivity index (χ1n) is 7.48. The van der Waals surface area contributed by atoms with Gasteiger partial charge in [-0.1, -0.05) is 12.2 Å². The van der Waals surface area contributed by atoms with Gasteiger partial charge in [-0.15, -0.1) is 11.3 Å². The zero-order chi connectivity index (χ0) is 19.0. The SMILES string of the molecule is C=C(C)CNC(=NCC(=O)N(C)C)NCCc1nc(C(F)(F)F)cs1. The normalized spacial score (nSPS) is 12.0. The number of nitrogens with one attached hydrogen (secondary N) is 2. The summed E-state index contributed by atoms with van der Waals surface area (Å²) in [4.78, 5) is 20.8. The Kier molecular flexibility index (Phi) is 7.88. The number of hydrogen-bond donors (Lipinski definition) is 2. The summed E-state index contributed by atoms with van der Waals surface area (Å²) in [5.74, 6) is 0.233. The molecular weight excluding hydrogens is 355 g/mol. The molecule has 0 aliphatic rings. The number of nitrogens with zero attached hydrogens (tertiary/aromatic N) is 3. The Labute approximate surface area is 148 Å². The summed E-state index contributed by atoms with van der Waals surface area (Å²) in [6.45, 7) is 6.38. The van der Waals surface area contributed by atoms with Crippen molar-refractivity contribution in [1.82, 2.24) is 20.5 Å². The van der Waals surface area contributed by atoms with Crippen LogP contribution in [-0.2, 0) is 17.4 Å². The van der Waals surface area contributed by atoms with Gasteiger partial charge in [-0.05, 0) is 6.92 Å². The van der Waals surface area contributed by atoms with Crippen LogP contribution < -0.4 is 10.6 Å². The molecule has 0 unspecified atom stereocenters. The van der Waals surface area contributed by atoms with Gasteiger partial charge in [-0.25, -0.2) is 9.98 Å². The lowest BCUT2D eigenvalue weighted by Gasteiger charge is -2.13. The third kappa shape index (κ3) is 8.01. The molecule has 1 aromatic rings. The Morgan fingerprint density at radius 3 is 2.60 bits per heavy atom. The molecular formula is C15H22F3N5OS. The Balaban J connectivity index is 2.59. The van der Waals surface area contributed by atoms with Crippen molar-refractivity contribution in [2.24, 2.45) is 4.99 Å². The van der Waals surface area contributed by atoms with E-state index in [1.54, 1.807) is 14.1 Å². The Hall–Kier alpha value is -2.10. The monoisotopic (exact) mass is 377 g/mol. The molecule has 0 bridgehead atoms. The van der Waals surface area contributed by atoms with Gasteiger partial charge < -0.3 is 15.5 Å². The average molecular weight is 377 g/mol. The van der Waals surface area contributed by atoms with Crippen LogP contribution in [0.3, 0.4) is 0 Å². The van der Waals surface area contributed by atoms with Crippen LogP contribution in [0.1, 0.15) is 17.6 Å². The van der Waals surface area contributed by atoms with Crippen molar-refractivity contribution in [2.45, 2.75) is 19.5 Å². The van der Waals surface area contributed by atoms with E-state index in [-0.39, 0.29) is 12.5 Å². The van der Waals surface area contributed by atoms with Crippen LogP contribution in [0.4, 0.5) is 13.2 Å². The second-order valence-corrected chi connectivity index (χ2v) is 6.51. The maximum atomic E-state index is 12.5. The number of amides is 1. The van der Waals surface area contributed by atoms with Crippen LogP contribution in [0.5, 0.6) is 0 Å². The minimum Gasteiger partial charge on any atom is -0.356 e. The molecule has 0 fully saturated rings. The predicted molar refractivity (Wildman–Crippen MR) is 92.6 cm³/mol. The number of aromatic nitrogens is 1. The number of hydrogen-bond acceptors (Lipinski definition) is 4. The van der Waals surface area contributed by atoms with Crippen molar-refractivity contribution in [3.63, 3.8) is 0 Å². The summed E-state index contributed by atoms with van der Waals surface area (Å²) < 4.78 is 37.6. The van der Waals surface area contributed by atoms with Crippen molar-refractivity contribution in [1.29, 1.82) is 0 Å². The molecule has 0 spiro atoms. The quantitative estimate of drug-likeness (QED) is 0.433. The van der Waals surface area contributed by atoms with Crippen molar-refractivity contribution < 1.29 is 18.0 Å². The highest BCUT2D eigenvalue weighted by molar-refractivity contribution is 7.09. The average Bonchev–Trinajstić information content (AvgIpc) is 2.97. The van der Waals surface area contributed by atoms with E-state index in [9.17, 15) is 18.0 Å². The molecule has 0 atom stereocenters. The fraction of sp³-hybridized carbons (Fsp3) is 0.533. The standard InChI is InChI=1S/C15H22F3N5OS/c1-10(2)7-20-14(21-8-13(24)23(3)4)19-6-5-12-22-11(9-25-12)15(16,17)18/h9H,1,5-8H2,2-4H3,(H2,19,20,21). The van der Waals surface area contributed by atoms with Crippen LogP contribution in [0.15, 0.2) is 22.5 Å². The zero-order valence-corrected chi connectivity index (χ0v) is 15.2. The Morgan fingerprint density at radius 1 is 1.40 bits per heavy atom. The predicted octanol–water partition coefficient (Wildman–Crippen LogP) is 1.90. The molecule has 6 nitrogen and oxygen atoms in total. The fourth-order valence-corrected chi connectivity index (χ4v) is 2.35. The molecule has 1 aromatic heterocycles. The molecule has 0 saturated carbocycles. The first-order chi connectivity index (χ1) is 11.6. The number of carbonyl (C=O) groups is 1. The first-order valence-corrected chi connectivity index (χ1v) is 8.36. The van der Waals surface area contributed by atoms with Crippen LogP contribution >= 0.6 is 11.3 Å². The third-order valence-corrected chi connectivity index (χ3v) is 3.81. The maximum Gasteiger partial charge on any atom is 0.434 e. The third-order valence-electron chi connectivity index (χ3n) is 2.90. The highest BCUT2D eigenvalue weighted by Crippen LogP contribution is 2.29. The van der Waals surface area contributed by atoms with E-state index in [1.165, 1.54) is 4.90 Å².